The van der Waals surface area contributed by atoms with E-state index in [2.05, 4.69) is 5.32 Å². The molecule has 0 spiro atoms. The molecule has 1 aliphatic carbocycles. The number of hydrogen-bond donors (Lipinski definition) is 3. The lowest BCUT2D eigenvalue weighted by Gasteiger charge is -2.25. The van der Waals surface area contributed by atoms with Crippen LogP contribution >= 0.6 is 0 Å². The summed E-state index contributed by atoms with van der Waals surface area (Å²) in [6.07, 6.45) is 4.77. The van der Waals surface area contributed by atoms with Crippen LogP contribution in [0.25, 0.3) is 0 Å². The van der Waals surface area contributed by atoms with Crippen LogP contribution in [0.2, 0.25) is 0 Å². The summed E-state index contributed by atoms with van der Waals surface area (Å²) in [5.74, 6) is 1.45. The zero-order valence-corrected chi connectivity index (χ0v) is 16.7. The van der Waals surface area contributed by atoms with Gasteiger partial charge in [-0.1, -0.05) is 12.1 Å². The molecule has 2 amide bonds. The van der Waals surface area contributed by atoms with Crippen LogP contribution in [0.1, 0.15) is 42.9 Å². The molecule has 2 fully saturated rings. The second-order valence-electron chi connectivity index (χ2n) is 7.72. The van der Waals surface area contributed by atoms with E-state index < -0.39 is 0 Å². The van der Waals surface area contributed by atoms with Crippen LogP contribution in [0.3, 0.4) is 0 Å². The fraction of sp³-hybridized carbons (Fsp3) is 0.409. The number of methoxy groups -OCH3 is 1. The minimum absolute atomic E-state index is 0.111. The minimum atomic E-state index is -0.115. The van der Waals surface area contributed by atoms with E-state index in [1.165, 1.54) is 12.8 Å². The van der Waals surface area contributed by atoms with Gasteiger partial charge in [-0.25, -0.2) is 4.79 Å². The van der Waals surface area contributed by atoms with E-state index in [1.54, 1.807) is 24.1 Å². The van der Waals surface area contributed by atoms with Crippen molar-refractivity contribution in [2.24, 2.45) is 0 Å². The molecule has 1 saturated heterocycles. The summed E-state index contributed by atoms with van der Waals surface area (Å²) < 4.78 is 11.7. The second-order valence-corrected chi connectivity index (χ2v) is 7.72. The number of nitrogens with zero attached hydrogens (tertiary/aromatic N) is 1. The first kappa shape index (κ1) is 19.2. The van der Waals surface area contributed by atoms with Crippen molar-refractivity contribution in [2.75, 3.05) is 25.1 Å². The Labute approximate surface area is 171 Å². The van der Waals surface area contributed by atoms with E-state index in [9.17, 15) is 4.79 Å². The number of urea groups is 1. The predicted molar refractivity (Wildman–Crippen MR) is 113 cm³/mol. The Morgan fingerprint density at radius 2 is 1.90 bits per heavy atom. The number of carbonyl (C=O) groups excluding carboxylic acids is 1. The molecule has 2 aromatic rings. The molecule has 7 heteroatoms. The van der Waals surface area contributed by atoms with E-state index >= 15 is 0 Å². The Hall–Kier alpha value is -3.09. The number of rotatable bonds is 6. The number of nitrogens with one attached hydrogen (secondary N) is 1. The van der Waals surface area contributed by atoms with Gasteiger partial charge in [0, 0.05) is 17.9 Å². The number of nitrogens with two attached hydrogens (primary N) is 2. The van der Waals surface area contributed by atoms with Crippen molar-refractivity contribution < 1.29 is 14.3 Å². The summed E-state index contributed by atoms with van der Waals surface area (Å²) in [6, 6.07) is 11.1. The normalized spacial score (nSPS) is 19.4. The maximum absolute atomic E-state index is 12.5. The van der Waals surface area contributed by atoms with E-state index in [0.29, 0.717) is 30.2 Å². The molecule has 0 unspecified atom stereocenters. The molecule has 1 saturated carbocycles. The third-order valence-electron chi connectivity index (χ3n) is 5.76. The van der Waals surface area contributed by atoms with Crippen LogP contribution in [-0.2, 0) is 6.54 Å². The Balaban J connectivity index is 1.59. The van der Waals surface area contributed by atoms with Gasteiger partial charge in [0.1, 0.15) is 0 Å². The minimum Gasteiger partial charge on any atom is -0.493 e. The molecule has 2 aromatic carbocycles. The van der Waals surface area contributed by atoms with Crippen LogP contribution in [0.5, 0.6) is 11.5 Å². The molecule has 7 nitrogen and oxygen atoms in total. The first-order chi connectivity index (χ1) is 14.0. The highest BCUT2D eigenvalue weighted by atomic mass is 16.5. The first-order valence-corrected chi connectivity index (χ1v) is 10.1. The van der Waals surface area contributed by atoms with Gasteiger partial charge >= 0.3 is 6.03 Å². The van der Waals surface area contributed by atoms with Gasteiger partial charge in [-0.3, -0.25) is 0 Å². The van der Waals surface area contributed by atoms with Crippen LogP contribution < -0.4 is 26.3 Å². The number of amides is 2. The summed E-state index contributed by atoms with van der Waals surface area (Å²) in [5.41, 5.74) is 15.0. The summed E-state index contributed by atoms with van der Waals surface area (Å²) in [5, 5.41) is 2.94. The van der Waals surface area contributed by atoms with Crippen molar-refractivity contribution in [3.8, 4) is 11.5 Å². The van der Waals surface area contributed by atoms with Crippen molar-refractivity contribution in [3.05, 3.63) is 47.5 Å². The number of hydrogen-bond acceptors (Lipinski definition) is 5. The fourth-order valence-corrected chi connectivity index (χ4v) is 4.14. The summed E-state index contributed by atoms with van der Waals surface area (Å²) in [6.45, 7) is 0.941. The number of benzene rings is 2. The lowest BCUT2D eigenvalue weighted by molar-refractivity contribution is 0.196. The smallest absolute Gasteiger partial charge is 0.318 e. The lowest BCUT2D eigenvalue weighted by Crippen LogP contribution is -2.29. The molecule has 5 N–H and O–H groups in total. The second kappa shape index (κ2) is 8.11. The van der Waals surface area contributed by atoms with Crippen LogP contribution in [0.4, 0.5) is 16.2 Å². The SMILES string of the molecule is COc1ccc([C@@H]2CNC(=O)N2Cc2ccc(N)cc2N)cc1OC1CCCC1. The Morgan fingerprint density at radius 1 is 1.10 bits per heavy atom. The number of nitrogen functional groups attached to an aromatic ring is 2. The van der Waals surface area contributed by atoms with E-state index in [-0.39, 0.29) is 18.2 Å². The fourth-order valence-electron chi connectivity index (χ4n) is 4.14. The zero-order valence-electron chi connectivity index (χ0n) is 16.7. The number of carbonyl (C=O) groups is 1. The van der Waals surface area contributed by atoms with Gasteiger partial charge in [-0.2, -0.15) is 0 Å². The van der Waals surface area contributed by atoms with Crippen LogP contribution in [-0.4, -0.2) is 30.7 Å². The van der Waals surface area contributed by atoms with Gasteiger partial charge in [0.15, 0.2) is 11.5 Å². The lowest BCUT2D eigenvalue weighted by atomic mass is 10.0. The molecule has 1 aliphatic heterocycles. The molecule has 1 atom stereocenters. The number of anilines is 2. The van der Waals surface area contributed by atoms with Crippen molar-refractivity contribution in [3.63, 3.8) is 0 Å². The summed E-state index contributed by atoms with van der Waals surface area (Å²) >= 11 is 0. The largest absolute Gasteiger partial charge is 0.493 e. The topological polar surface area (TPSA) is 103 Å². The third kappa shape index (κ3) is 4.04. The Bertz CT molecular complexity index is 896. The number of ether oxygens (including phenoxy) is 2. The van der Waals surface area contributed by atoms with Crippen LogP contribution in [0.15, 0.2) is 36.4 Å². The molecular formula is C22H28N4O3. The summed E-state index contributed by atoms with van der Waals surface area (Å²) in [4.78, 5) is 14.3. The maximum Gasteiger partial charge on any atom is 0.318 e. The molecule has 0 radical (unpaired) electrons. The summed E-state index contributed by atoms with van der Waals surface area (Å²) in [7, 11) is 1.65. The van der Waals surface area contributed by atoms with Gasteiger partial charge in [-0.05, 0) is 61.1 Å². The molecule has 2 aliphatic rings. The highest BCUT2D eigenvalue weighted by molar-refractivity contribution is 5.77. The standard InChI is InChI=1S/C22H28N4O3/c1-28-20-9-7-14(10-21(20)29-17-4-2-3-5-17)19-12-25-22(27)26(19)13-15-6-8-16(23)11-18(15)24/h6-11,17,19H,2-5,12-13,23-24H2,1H3,(H,25,27)/t19-/m0/s1. The maximum atomic E-state index is 12.5. The van der Waals surface area contributed by atoms with Gasteiger partial charge < -0.3 is 31.2 Å². The first-order valence-electron chi connectivity index (χ1n) is 10.1. The van der Waals surface area contributed by atoms with Crippen LogP contribution in [0, 0.1) is 0 Å². The molecule has 0 aromatic heterocycles. The molecule has 1 heterocycles. The molecule has 4 rings (SSSR count). The van der Waals surface area contributed by atoms with Crippen molar-refractivity contribution in [1.29, 1.82) is 0 Å². The average molecular weight is 396 g/mol. The highest BCUT2D eigenvalue weighted by Crippen LogP contribution is 2.36. The quantitative estimate of drug-likeness (QED) is 0.649. The predicted octanol–water partition coefficient (Wildman–Crippen LogP) is 3.45. The molecule has 29 heavy (non-hydrogen) atoms. The third-order valence-corrected chi connectivity index (χ3v) is 5.76. The van der Waals surface area contributed by atoms with E-state index in [0.717, 1.165) is 29.7 Å². The van der Waals surface area contributed by atoms with Crippen molar-refractivity contribution >= 4 is 17.4 Å². The highest BCUT2D eigenvalue weighted by Gasteiger charge is 2.33. The molecular weight excluding hydrogens is 368 g/mol. The van der Waals surface area contributed by atoms with Gasteiger partial charge in [0.2, 0.25) is 0 Å². The van der Waals surface area contributed by atoms with Crippen molar-refractivity contribution in [2.45, 2.75) is 44.4 Å². The Morgan fingerprint density at radius 3 is 2.62 bits per heavy atom. The van der Waals surface area contributed by atoms with Crippen molar-refractivity contribution in [1.82, 2.24) is 10.2 Å². The van der Waals surface area contributed by atoms with E-state index in [4.69, 9.17) is 20.9 Å². The van der Waals surface area contributed by atoms with Gasteiger partial charge in [0.05, 0.1) is 25.8 Å². The monoisotopic (exact) mass is 396 g/mol. The molecule has 154 valence electrons. The average Bonchev–Trinajstić information content (AvgIpc) is 3.34. The van der Waals surface area contributed by atoms with Gasteiger partial charge in [-0.15, -0.1) is 0 Å². The Kier molecular flexibility index (Phi) is 5.38. The zero-order chi connectivity index (χ0) is 20.4. The van der Waals surface area contributed by atoms with E-state index in [1.807, 2.05) is 24.3 Å². The van der Waals surface area contributed by atoms with Gasteiger partial charge in [0.25, 0.3) is 0 Å². The molecule has 0 bridgehead atoms.